The fourth-order valence-corrected chi connectivity index (χ4v) is 2.76. The van der Waals surface area contributed by atoms with Gasteiger partial charge in [0.05, 0.1) is 16.2 Å². The monoisotopic (exact) mass is 378 g/mol. The maximum atomic E-state index is 12.4. The number of nitro groups is 1. The number of carbonyl (C=O) groups is 1. The Morgan fingerprint density at radius 1 is 1.12 bits per heavy atom. The van der Waals surface area contributed by atoms with Crippen molar-refractivity contribution in [3.8, 4) is 0 Å². The van der Waals surface area contributed by atoms with Crippen LogP contribution < -0.4 is 15.4 Å². The van der Waals surface area contributed by atoms with Crippen LogP contribution in [-0.4, -0.2) is 32.0 Å². The molecule has 0 aliphatic carbocycles. The smallest absolute Gasteiger partial charge is 0.270 e. The summed E-state index contributed by atoms with van der Waals surface area (Å²) in [4.78, 5) is 22.8. The minimum Gasteiger partial charge on any atom is -0.387 e. The molecule has 3 N–H and O–H groups in total. The first-order valence-electron chi connectivity index (χ1n) is 7.64. The first kappa shape index (κ1) is 19.2. The molecule has 138 valence electrons. The molecule has 0 aromatic heterocycles. The third kappa shape index (κ3) is 4.70. The van der Waals surface area contributed by atoms with Crippen molar-refractivity contribution in [3.63, 3.8) is 0 Å². The zero-order chi connectivity index (χ0) is 19.3. The summed E-state index contributed by atoms with van der Waals surface area (Å²) in [6.45, 7) is 1.52. The number of nitro benzene ring substituents is 1. The number of nitrogens with zero attached hydrogens (tertiary/aromatic N) is 1. The molecule has 26 heavy (non-hydrogen) atoms. The zero-order valence-corrected chi connectivity index (χ0v) is 15.0. The summed E-state index contributed by atoms with van der Waals surface area (Å²) >= 11 is 0. The summed E-state index contributed by atoms with van der Waals surface area (Å²) in [5, 5.41) is 16.3. The van der Waals surface area contributed by atoms with Crippen LogP contribution in [0.5, 0.6) is 0 Å². The Morgan fingerprint density at radius 3 is 2.27 bits per heavy atom. The summed E-state index contributed by atoms with van der Waals surface area (Å²) in [5.41, 5.74) is 1.16. The number of carbonyl (C=O) groups excluding carboxylic acids is 1. The Balaban J connectivity index is 2.20. The number of anilines is 3. The lowest BCUT2D eigenvalue weighted by molar-refractivity contribution is -0.384. The molecule has 0 aliphatic heterocycles. The molecule has 0 saturated heterocycles. The summed E-state index contributed by atoms with van der Waals surface area (Å²) in [6, 6.07) is 10.0. The SMILES string of the molecule is CCS(=O)(=O)Nc1ccc(NC(=O)c2cc([N+](=O)[O-])ccc2NC)cc1. The Labute approximate surface area is 150 Å². The first-order valence-corrected chi connectivity index (χ1v) is 9.29. The van der Waals surface area contributed by atoms with Crippen molar-refractivity contribution >= 4 is 38.7 Å². The number of sulfonamides is 1. The molecule has 2 aromatic rings. The van der Waals surface area contributed by atoms with Gasteiger partial charge in [0.1, 0.15) is 0 Å². The van der Waals surface area contributed by atoms with E-state index in [-0.39, 0.29) is 17.0 Å². The molecule has 0 heterocycles. The van der Waals surface area contributed by atoms with Crippen LogP contribution >= 0.6 is 0 Å². The Hall–Kier alpha value is -3.14. The molecular formula is C16H18N4O5S. The van der Waals surface area contributed by atoms with E-state index in [1.54, 1.807) is 7.05 Å². The van der Waals surface area contributed by atoms with Crippen LogP contribution in [0.25, 0.3) is 0 Å². The number of rotatable bonds is 7. The van der Waals surface area contributed by atoms with Gasteiger partial charge in [-0.05, 0) is 37.3 Å². The van der Waals surface area contributed by atoms with E-state index < -0.39 is 20.9 Å². The van der Waals surface area contributed by atoms with Crippen LogP contribution in [-0.2, 0) is 10.0 Å². The molecule has 9 nitrogen and oxygen atoms in total. The normalized spacial score (nSPS) is 10.8. The number of hydrogen-bond donors (Lipinski definition) is 3. The standard InChI is InChI=1S/C16H18N4O5S/c1-3-26(24,25)19-12-6-4-11(5-7-12)18-16(21)14-10-13(20(22)23)8-9-15(14)17-2/h4-10,17,19H,3H2,1-2H3,(H,18,21). The molecule has 0 atom stereocenters. The van der Waals surface area contributed by atoms with E-state index >= 15 is 0 Å². The molecule has 0 saturated carbocycles. The Bertz CT molecular complexity index is 926. The molecule has 10 heteroatoms. The van der Waals surface area contributed by atoms with Gasteiger partial charge in [0.2, 0.25) is 10.0 Å². The van der Waals surface area contributed by atoms with Crippen molar-refractivity contribution < 1.29 is 18.1 Å². The van der Waals surface area contributed by atoms with Crippen LogP contribution in [0.4, 0.5) is 22.7 Å². The van der Waals surface area contributed by atoms with Crippen LogP contribution in [0, 0.1) is 10.1 Å². The van der Waals surface area contributed by atoms with E-state index in [0.29, 0.717) is 17.1 Å². The van der Waals surface area contributed by atoms with Gasteiger partial charge in [0.15, 0.2) is 0 Å². The number of amides is 1. The average molecular weight is 378 g/mol. The quantitative estimate of drug-likeness (QED) is 0.501. The van der Waals surface area contributed by atoms with Crippen LogP contribution in [0.15, 0.2) is 42.5 Å². The summed E-state index contributed by atoms with van der Waals surface area (Å²) in [7, 11) is -1.78. The third-order valence-electron chi connectivity index (χ3n) is 3.52. The van der Waals surface area contributed by atoms with Crippen LogP contribution in [0.2, 0.25) is 0 Å². The van der Waals surface area contributed by atoms with Crippen LogP contribution in [0.1, 0.15) is 17.3 Å². The van der Waals surface area contributed by atoms with Gasteiger partial charge < -0.3 is 10.6 Å². The van der Waals surface area contributed by atoms with E-state index in [0.717, 1.165) is 0 Å². The van der Waals surface area contributed by atoms with E-state index in [1.165, 1.54) is 49.4 Å². The maximum absolute atomic E-state index is 12.4. The molecule has 2 aromatic carbocycles. The first-order chi connectivity index (χ1) is 12.3. The van der Waals surface area contributed by atoms with Gasteiger partial charge >= 0.3 is 0 Å². The molecule has 0 fully saturated rings. The summed E-state index contributed by atoms with van der Waals surface area (Å²) in [6.07, 6.45) is 0. The molecule has 0 unspecified atom stereocenters. The molecule has 0 radical (unpaired) electrons. The van der Waals surface area contributed by atoms with Crippen molar-refractivity contribution in [2.45, 2.75) is 6.92 Å². The van der Waals surface area contributed by atoms with Gasteiger partial charge in [-0.15, -0.1) is 0 Å². The average Bonchev–Trinajstić information content (AvgIpc) is 2.62. The fraction of sp³-hybridized carbons (Fsp3) is 0.188. The zero-order valence-electron chi connectivity index (χ0n) is 14.1. The van der Waals surface area contributed by atoms with E-state index in [1.807, 2.05) is 0 Å². The highest BCUT2D eigenvalue weighted by molar-refractivity contribution is 7.92. The lowest BCUT2D eigenvalue weighted by atomic mass is 10.1. The van der Waals surface area contributed by atoms with Gasteiger partial charge in [-0.2, -0.15) is 0 Å². The predicted molar refractivity (Wildman–Crippen MR) is 100 cm³/mol. The molecule has 2 rings (SSSR count). The second-order valence-corrected chi connectivity index (χ2v) is 7.28. The van der Waals surface area contributed by atoms with Crippen molar-refractivity contribution in [1.29, 1.82) is 0 Å². The fourth-order valence-electron chi connectivity index (χ4n) is 2.12. The predicted octanol–water partition coefficient (Wildman–Crippen LogP) is 2.65. The maximum Gasteiger partial charge on any atom is 0.270 e. The highest BCUT2D eigenvalue weighted by atomic mass is 32.2. The van der Waals surface area contributed by atoms with Crippen molar-refractivity contribution in [1.82, 2.24) is 0 Å². The van der Waals surface area contributed by atoms with Gasteiger partial charge in [0.25, 0.3) is 11.6 Å². The Kier molecular flexibility index (Phi) is 5.78. The second kappa shape index (κ2) is 7.83. The van der Waals surface area contributed by atoms with Crippen molar-refractivity contribution in [3.05, 3.63) is 58.1 Å². The van der Waals surface area contributed by atoms with E-state index in [2.05, 4.69) is 15.4 Å². The van der Waals surface area contributed by atoms with Crippen molar-refractivity contribution in [2.24, 2.45) is 0 Å². The highest BCUT2D eigenvalue weighted by Crippen LogP contribution is 2.23. The van der Waals surface area contributed by atoms with Gasteiger partial charge in [0, 0.05) is 36.2 Å². The second-order valence-electron chi connectivity index (χ2n) is 5.27. The van der Waals surface area contributed by atoms with E-state index in [4.69, 9.17) is 0 Å². The molecule has 0 spiro atoms. The summed E-state index contributed by atoms with van der Waals surface area (Å²) in [5.74, 6) is -0.578. The van der Waals surface area contributed by atoms with Gasteiger partial charge in [-0.25, -0.2) is 8.42 Å². The van der Waals surface area contributed by atoms with Gasteiger partial charge in [-0.3, -0.25) is 19.6 Å². The number of nitrogens with one attached hydrogen (secondary N) is 3. The van der Waals surface area contributed by atoms with Crippen LogP contribution in [0.3, 0.4) is 0 Å². The van der Waals surface area contributed by atoms with Crippen molar-refractivity contribution in [2.75, 3.05) is 28.2 Å². The topological polar surface area (TPSA) is 130 Å². The van der Waals surface area contributed by atoms with Gasteiger partial charge in [-0.1, -0.05) is 0 Å². The molecule has 0 aliphatic rings. The van der Waals surface area contributed by atoms with E-state index in [9.17, 15) is 23.3 Å². The minimum absolute atomic E-state index is 0.0505. The third-order valence-corrected chi connectivity index (χ3v) is 4.83. The molecular weight excluding hydrogens is 360 g/mol. The highest BCUT2D eigenvalue weighted by Gasteiger charge is 2.16. The Morgan fingerprint density at radius 2 is 1.73 bits per heavy atom. The molecule has 0 bridgehead atoms. The largest absolute Gasteiger partial charge is 0.387 e. The minimum atomic E-state index is -3.38. The number of hydrogen-bond acceptors (Lipinski definition) is 6. The summed E-state index contributed by atoms with van der Waals surface area (Å²) < 4.78 is 25.5. The number of benzene rings is 2. The number of non-ortho nitro benzene ring substituents is 1. The lowest BCUT2D eigenvalue weighted by Gasteiger charge is -2.11. The lowest BCUT2D eigenvalue weighted by Crippen LogP contribution is -2.15. The molecule has 1 amide bonds.